The van der Waals surface area contributed by atoms with Crippen LogP contribution in [-0.4, -0.2) is 16.1 Å². The SMILES string of the molecule is Cc1cc(CSc2ncccc2C(=O)O)c(C)s1. The van der Waals surface area contributed by atoms with Crippen LogP contribution >= 0.6 is 23.1 Å². The number of carboxylic acids is 1. The van der Waals surface area contributed by atoms with Crippen molar-refractivity contribution >= 4 is 29.1 Å². The maximum absolute atomic E-state index is 11.1. The number of carbonyl (C=O) groups is 1. The Bertz CT molecular complexity index is 578. The molecule has 0 saturated carbocycles. The maximum Gasteiger partial charge on any atom is 0.338 e. The molecule has 0 atom stereocenters. The van der Waals surface area contributed by atoms with Gasteiger partial charge < -0.3 is 5.11 Å². The smallest absolute Gasteiger partial charge is 0.338 e. The molecule has 0 bridgehead atoms. The van der Waals surface area contributed by atoms with Gasteiger partial charge in [-0.2, -0.15) is 0 Å². The van der Waals surface area contributed by atoms with Crippen molar-refractivity contribution in [3.63, 3.8) is 0 Å². The van der Waals surface area contributed by atoms with Crippen molar-refractivity contribution in [2.24, 2.45) is 0 Å². The molecule has 0 unspecified atom stereocenters. The highest BCUT2D eigenvalue weighted by atomic mass is 32.2. The lowest BCUT2D eigenvalue weighted by atomic mass is 10.3. The first-order valence-corrected chi connectivity index (χ1v) is 7.25. The van der Waals surface area contributed by atoms with Crippen molar-refractivity contribution in [3.05, 3.63) is 45.3 Å². The van der Waals surface area contributed by atoms with E-state index in [0.29, 0.717) is 5.03 Å². The fraction of sp³-hybridized carbons (Fsp3) is 0.231. The number of aryl methyl sites for hydroxylation is 2. The highest BCUT2D eigenvalue weighted by Crippen LogP contribution is 2.29. The van der Waals surface area contributed by atoms with Crippen molar-refractivity contribution in [2.45, 2.75) is 24.6 Å². The topological polar surface area (TPSA) is 50.2 Å². The zero-order valence-electron chi connectivity index (χ0n) is 10.1. The minimum atomic E-state index is -0.927. The first-order valence-electron chi connectivity index (χ1n) is 5.45. The summed E-state index contributed by atoms with van der Waals surface area (Å²) in [5, 5.41) is 9.65. The van der Waals surface area contributed by atoms with Crippen molar-refractivity contribution < 1.29 is 9.90 Å². The Morgan fingerprint density at radius 2 is 2.28 bits per heavy atom. The molecule has 1 N–H and O–H groups in total. The average Bonchev–Trinajstić information content (AvgIpc) is 2.65. The normalized spacial score (nSPS) is 10.6. The molecule has 3 nitrogen and oxygen atoms in total. The zero-order valence-corrected chi connectivity index (χ0v) is 11.8. The van der Waals surface area contributed by atoms with E-state index in [1.54, 1.807) is 29.7 Å². The van der Waals surface area contributed by atoms with E-state index in [-0.39, 0.29) is 5.56 Å². The van der Waals surface area contributed by atoms with Crippen LogP contribution in [0, 0.1) is 13.8 Å². The number of rotatable bonds is 4. The fourth-order valence-electron chi connectivity index (χ4n) is 1.64. The summed E-state index contributed by atoms with van der Waals surface area (Å²) in [5.74, 6) is -0.170. The third kappa shape index (κ3) is 2.91. The molecule has 0 amide bonds. The van der Waals surface area contributed by atoms with Crippen LogP contribution in [0.4, 0.5) is 0 Å². The Balaban J connectivity index is 2.15. The standard InChI is InChI=1S/C13H13NO2S2/c1-8-6-10(9(2)18-8)7-17-12-11(13(15)16)4-3-5-14-12/h3-6H,7H2,1-2H3,(H,15,16). The Hall–Kier alpha value is -1.33. The summed E-state index contributed by atoms with van der Waals surface area (Å²) in [7, 11) is 0. The fourth-order valence-corrected chi connectivity index (χ4v) is 3.72. The van der Waals surface area contributed by atoms with Gasteiger partial charge in [-0.25, -0.2) is 9.78 Å². The summed E-state index contributed by atoms with van der Waals surface area (Å²) in [6.45, 7) is 4.17. The van der Waals surface area contributed by atoms with Gasteiger partial charge in [-0.15, -0.1) is 23.1 Å². The molecule has 0 saturated heterocycles. The van der Waals surface area contributed by atoms with Gasteiger partial charge in [-0.05, 0) is 37.6 Å². The number of hydrogen-bond acceptors (Lipinski definition) is 4. The van der Waals surface area contributed by atoms with Crippen molar-refractivity contribution in [3.8, 4) is 0 Å². The van der Waals surface area contributed by atoms with Gasteiger partial charge in [0, 0.05) is 21.7 Å². The number of thioether (sulfide) groups is 1. The lowest BCUT2D eigenvalue weighted by Crippen LogP contribution is -2.00. The predicted octanol–water partition coefficient (Wildman–Crippen LogP) is 3.75. The number of aromatic nitrogens is 1. The van der Waals surface area contributed by atoms with Gasteiger partial charge in [-0.3, -0.25) is 0 Å². The Morgan fingerprint density at radius 3 is 2.89 bits per heavy atom. The van der Waals surface area contributed by atoms with Gasteiger partial charge in [-0.1, -0.05) is 0 Å². The van der Waals surface area contributed by atoms with Crippen LogP contribution < -0.4 is 0 Å². The molecule has 5 heteroatoms. The number of nitrogens with zero attached hydrogens (tertiary/aromatic N) is 1. The summed E-state index contributed by atoms with van der Waals surface area (Å²) < 4.78 is 0. The van der Waals surface area contributed by atoms with Gasteiger partial charge in [0.05, 0.1) is 5.56 Å². The minimum Gasteiger partial charge on any atom is -0.478 e. The van der Waals surface area contributed by atoms with Crippen LogP contribution in [0.3, 0.4) is 0 Å². The summed E-state index contributed by atoms with van der Waals surface area (Å²) >= 11 is 3.24. The quantitative estimate of drug-likeness (QED) is 0.866. The number of aromatic carboxylic acids is 1. The third-order valence-corrected chi connectivity index (χ3v) is 4.57. The second-order valence-corrected chi connectivity index (χ2v) is 6.31. The lowest BCUT2D eigenvalue weighted by molar-refractivity contribution is 0.0692. The highest BCUT2D eigenvalue weighted by molar-refractivity contribution is 7.98. The van der Waals surface area contributed by atoms with Crippen LogP contribution in [0.15, 0.2) is 29.4 Å². The van der Waals surface area contributed by atoms with E-state index in [0.717, 1.165) is 5.75 Å². The van der Waals surface area contributed by atoms with Crippen LogP contribution in [0.2, 0.25) is 0 Å². The average molecular weight is 279 g/mol. The molecule has 2 aromatic rings. The Labute approximate surface area is 114 Å². The van der Waals surface area contributed by atoms with E-state index in [1.165, 1.54) is 27.1 Å². The number of hydrogen-bond donors (Lipinski definition) is 1. The van der Waals surface area contributed by atoms with Gasteiger partial charge >= 0.3 is 5.97 Å². The van der Waals surface area contributed by atoms with Gasteiger partial charge in [0.1, 0.15) is 5.03 Å². The van der Waals surface area contributed by atoms with E-state index in [2.05, 4.69) is 24.9 Å². The molecule has 0 fully saturated rings. The largest absolute Gasteiger partial charge is 0.478 e. The minimum absolute atomic E-state index is 0.270. The molecule has 2 aromatic heterocycles. The summed E-state index contributed by atoms with van der Waals surface area (Å²) in [4.78, 5) is 17.8. The summed E-state index contributed by atoms with van der Waals surface area (Å²) in [6, 6.07) is 5.38. The molecule has 18 heavy (non-hydrogen) atoms. The lowest BCUT2D eigenvalue weighted by Gasteiger charge is -2.04. The summed E-state index contributed by atoms with van der Waals surface area (Å²) in [5.41, 5.74) is 1.52. The van der Waals surface area contributed by atoms with E-state index in [1.807, 2.05) is 0 Å². The Kier molecular flexibility index (Phi) is 4.04. The second-order valence-electron chi connectivity index (χ2n) is 3.89. The molecule has 2 rings (SSSR count). The maximum atomic E-state index is 11.1. The molecule has 0 aliphatic rings. The van der Waals surface area contributed by atoms with Gasteiger partial charge in [0.2, 0.25) is 0 Å². The molecule has 0 aliphatic carbocycles. The van der Waals surface area contributed by atoms with Crippen LogP contribution in [0.5, 0.6) is 0 Å². The molecule has 94 valence electrons. The van der Waals surface area contributed by atoms with Crippen molar-refractivity contribution in [1.29, 1.82) is 0 Å². The Morgan fingerprint density at radius 1 is 1.50 bits per heavy atom. The van der Waals surface area contributed by atoms with Gasteiger partial charge in [0.15, 0.2) is 0 Å². The van der Waals surface area contributed by atoms with E-state index in [9.17, 15) is 4.79 Å². The molecule has 0 aliphatic heterocycles. The van der Waals surface area contributed by atoms with Crippen molar-refractivity contribution in [2.75, 3.05) is 0 Å². The predicted molar refractivity (Wildman–Crippen MR) is 74.6 cm³/mol. The molecule has 2 heterocycles. The van der Waals surface area contributed by atoms with Crippen molar-refractivity contribution in [1.82, 2.24) is 4.98 Å². The summed E-state index contributed by atoms with van der Waals surface area (Å²) in [6.07, 6.45) is 1.63. The third-order valence-electron chi connectivity index (χ3n) is 2.51. The van der Waals surface area contributed by atoms with Gasteiger partial charge in [0.25, 0.3) is 0 Å². The first kappa shape index (κ1) is 13.1. The number of thiophene rings is 1. The molecular formula is C13H13NO2S2. The van der Waals surface area contributed by atoms with Crippen LogP contribution in [0.1, 0.15) is 25.7 Å². The van der Waals surface area contributed by atoms with E-state index >= 15 is 0 Å². The van der Waals surface area contributed by atoms with E-state index in [4.69, 9.17) is 5.11 Å². The molecular weight excluding hydrogens is 266 g/mol. The monoisotopic (exact) mass is 279 g/mol. The molecule has 0 spiro atoms. The van der Waals surface area contributed by atoms with Crippen LogP contribution in [0.25, 0.3) is 0 Å². The van der Waals surface area contributed by atoms with E-state index < -0.39 is 5.97 Å². The number of pyridine rings is 1. The second kappa shape index (κ2) is 5.54. The zero-order chi connectivity index (χ0) is 13.1. The number of carboxylic acid groups (broad SMARTS) is 1. The highest BCUT2D eigenvalue weighted by Gasteiger charge is 2.12. The van der Waals surface area contributed by atoms with Crippen LogP contribution in [-0.2, 0) is 5.75 Å². The first-order chi connectivity index (χ1) is 8.58. The molecule has 0 aromatic carbocycles. The molecule has 0 radical (unpaired) electrons.